The molecule has 21 heavy (non-hydrogen) atoms. The lowest BCUT2D eigenvalue weighted by atomic mass is 10.1. The first-order valence-electron chi connectivity index (χ1n) is 6.82. The monoisotopic (exact) mass is 318 g/mol. The molecule has 1 unspecified atom stereocenters. The van der Waals surface area contributed by atoms with Crippen molar-refractivity contribution in [3.8, 4) is 11.1 Å². The summed E-state index contributed by atoms with van der Waals surface area (Å²) in [5.41, 5.74) is 2.20. The van der Waals surface area contributed by atoms with E-state index in [1.807, 2.05) is 32.0 Å². The van der Waals surface area contributed by atoms with Crippen molar-refractivity contribution in [2.75, 3.05) is 6.61 Å². The standard InChI is InChI=1S/C16H15ClN2OS/c1-3-20-10(2)15-18-14(17)13-12(9-21-16(13)19-15)11-7-5-4-6-8-11/h4-10H,3H2,1-2H3. The number of halogens is 1. The Hall–Kier alpha value is -1.49. The number of aromatic nitrogens is 2. The highest BCUT2D eigenvalue weighted by atomic mass is 35.5. The zero-order chi connectivity index (χ0) is 14.8. The van der Waals surface area contributed by atoms with Crippen molar-refractivity contribution in [1.82, 2.24) is 9.97 Å². The van der Waals surface area contributed by atoms with Gasteiger partial charge in [-0.3, -0.25) is 0 Å². The van der Waals surface area contributed by atoms with Crippen molar-refractivity contribution in [2.45, 2.75) is 20.0 Å². The Labute approximate surface area is 132 Å². The second kappa shape index (κ2) is 6.10. The maximum atomic E-state index is 6.40. The Bertz CT molecular complexity index is 758. The minimum Gasteiger partial charge on any atom is -0.371 e. The molecule has 0 N–H and O–H groups in total. The van der Waals surface area contributed by atoms with E-state index in [2.05, 4.69) is 27.5 Å². The van der Waals surface area contributed by atoms with Crippen LogP contribution in [0.3, 0.4) is 0 Å². The fourth-order valence-electron chi connectivity index (χ4n) is 2.25. The first-order valence-corrected chi connectivity index (χ1v) is 8.08. The van der Waals surface area contributed by atoms with Crippen molar-refractivity contribution in [2.24, 2.45) is 0 Å². The molecule has 3 rings (SSSR count). The minimum atomic E-state index is -0.154. The van der Waals surface area contributed by atoms with Crippen LogP contribution < -0.4 is 0 Å². The third-order valence-electron chi connectivity index (χ3n) is 3.27. The van der Waals surface area contributed by atoms with Gasteiger partial charge in [-0.05, 0) is 19.4 Å². The molecule has 2 aromatic heterocycles. The van der Waals surface area contributed by atoms with E-state index in [4.69, 9.17) is 16.3 Å². The first-order chi connectivity index (χ1) is 10.2. The van der Waals surface area contributed by atoms with E-state index >= 15 is 0 Å². The van der Waals surface area contributed by atoms with Gasteiger partial charge in [-0.2, -0.15) is 0 Å². The lowest BCUT2D eigenvalue weighted by Gasteiger charge is -2.10. The molecular weight excluding hydrogens is 304 g/mol. The van der Waals surface area contributed by atoms with Crippen molar-refractivity contribution < 1.29 is 4.74 Å². The number of fused-ring (bicyclic) bond motifs is 1. The summed E-state index contributed by atoms with van der Waals surface area (Å²) in [4.78, 5) is 9.91. The highest BCUT2D eigenvalue weighted by Gasteiger charge is 2.17. The van der Waals surface area contributed by atoms with Crippen LogP contribution in [0.15, 0.2) is 35.7 Å². The number of benzene rings is 1. The van der Waals surface area contributed by atoms with Gasteiger partial charge >= 0.3 is 0 Å². The zero-order valence-electron chi connectivity index (χ0n) is 11.8. The predicted molar refractivity (Wildman–Crippen MR) is 87.9 cm³/mol. The Morgan fingerprint density at radius 2 is 2.00 bits per heavy atom. The third-order valence-corrected chi connectivity index (χ3v) is 4.42. The Morgan fingerprint density at radius 1 is 1.24 bits per heavy atom. The zero-order valence-corrected chi connectivity index (χ0v) is 13.4. The summed E-state index contributed by atoms with van der Waals surface area (Å²) in [5.74, 6) is 0.635. The fourth-order valence-corrected chi connectivity index (χ4v) is 3.54. The van der Waals surface area contributed by atoms with Gasteiger partial charge in [0.25, 0.3) is 0 Å². The first kappa shape index (κ1) is 14.4. The Balaban J connectivity index is 2.11. The number of ether oxygens (including phenoxy) is 1. The summed E-state index contributed by atoms with van der Waals surface area (Å²) >= 11 is 7.98. The Morgan fingerprint density at radius 3 is 2.71 bits per heavy atom. The molecule has 0 fully saturated rings. The van der Waals surface area contributed by atoms with Crippen LogP contribution in [0.5, 0.6) is 0 Å². The summed E-state index contributed by atoms with van der Waals surface area (Å²) < 4.78 is 5.54. The second-order valence-electron chi connectivity index (χ2n) is 4.67. The van der Waals surface area contributed by atoms with Gasteiger partial charge in [-0.15, -0.1) is 11.3 Å². The van der Waals surface area contributed by atoms with Crippen LogP contribution in [0.25, 0.3) is 21.3 Å². The molecule has 0 aliphatic heterocycles. The summed E-state index contributed by atoms with van der Waals surface area (Å²) in [6, 6.07) is 10.2. The summed E-state index contributed by atoms with van der Waals surface area (Å²) in [5, 5.41) is 3.48. The van der Waals surface area contributed by atoms with E-state index in [0.717, 1.165) is 21.3 Å². The van der Waals surface area contributed by atoms with Crippen LogP contribution in [-0.4, -0.2) is 16.6 Å². The number of nitrogens with zero attached hydrogens (tertiary/aromatic N) is 2. The molecule has 108 valence electrons. The van der Waals surface area contributed by atoms with Gasteiger partial charge in [0.05, 0.1) is 5.39 Å². The average molecular weight is 319 g/mol. The highest BCUT2D eigenvalue weighted by Crippen LogP contribution is 2.37. The topological polar surface area (TPSA) is 35.0 Å². The number of hydrogen-bond donors (Lipinski definition) is 0. The molecule has 1 atom stereocenters. The van der Waals surface area contributed by atoms with E-state index < -0.39 is 0 Å². The summed E-state index contributed by atoms with van der Waals surface area (Å²) in [6.45, 7) is 4.52. The van der Waals surface area contributed by atoms with Gasteiger partial charge < -0.3 is 4.74 Å². The van der Waals surface area contributed by atoms with Gasteiger partial charge in [0.15, 0.2) is 5.82 Å². The molecular formula is C16H15ClN2OS. The van der Waals surface area contributed by atoms with E-state index in [-0.39, 0.29) is 6.10 Å². The number of hydrogen-bond acceptors (Lipinski definition) is 4. The Kier molecular flexibility index (Phi) is 4.19. The lowest BCUT2D eigenvalue weighted by Crippen LogP contribution is -2.05. The molecule has 0 amide bonds. The van der Waals surface area contributed by atoms with Crippen LogP contribution in [-0.2, 0) is 4.74 Å². The molecule has 5 heteroatoms. The molecule has 0 aliphatic rings. The molecule has 3 aromatic rings. The molecule has 0 radical (unpaired) electrons. The van der Waals surface area contributed by atoms with Crippen molar-refractivity contribution in [1.29, 1.82) is 0 Å². The van der Waals surface area contributed by atoms with Crippen LogP contribution in [0, 0.1) is 0 Å². The fraction of sp³-hybridized carbons (Fsp3) is 0.250. The minimum absolute atomic E-state index is 0.154. The molecule has 0 aliphatic carbocycles. The van der Waals surface area contributed by atoms with Crippen molar-refractivity contribution in [3.05, 3.63) is 46.7 Å². The van der Waals surface area contributed by atoms with Gasteiger partial charge in [0.1, 0.15) is 16.1 Å². The smallest absolute Gasteiger partial charge is 0.160 e. The molecule has 2 heterocycles. The SMILES string of the molecule is CCOC(C)c1nc(Cl)c2c(-c3ccccc3)csc2n1. The lowest BCUT2D eigenvalue weighted by molar-refractivity contribution is 0.0703. The van der Waals surface area contributed by atoms with E-state index in [9.17, 15) is 0 Å². The molecule has 0 saturated heterocycles. The van der Waals surface area contributed by atoms with Crippen molar-refractivity contribution in [3.63, 3.8) is 0 Å². The average Bonchev–Trinajstić information content (AvgIpc) is 2.93. The molecule has 0 saturated carbocycles. The van der Waals surface area contributed by atoms with Crippen LogP contribution in [0.2, 0.25) is 5.15 Å². The molecule has 1 aromatic carbocycles. The van der Waals surface area contributed by atoms with Gasteiger partial charge in [-0.1, -0.05) is 41.9 Å². The molecule has 3 nitrogen and oxygen atoms in total. The van der Waals surface area contributed by atoms with Crippen LogP contribution in [0.1, 0.15) is 25.8 Å². The van der Waals surface area contributed by atoms with Crippen LogP contribution in [0.4, 0.5) is 0 Å². The number of thiophene rings is 1. The van der Waals surface area contributed by atoms with Gasteiger partial charge in [-0.25, -0.2) is 9.97 Å². The van der Waals surface area contributed by atoms with Gasteiger partial charge in [0, 0.05) is 17.6 Å². The van der Waals surface area contributed by atoms with E-state index in [0.29, 0.717) is 17.6 Å². The van der Waals surface area contributed by atoms with E-state index in [1.54, 1.807) is 11.3 Å². The largest absolute Gasteiger partial charge is 0.371 e. The number of rotatable bonds is 4. The highest BCUT2D eigenvalue weighted by molar-refractivity contribution is 7.17. The van der Waals surface area contributed by atoms with Crippen molar-refractivity contribution >= 4 is 33.2 Å². The van der Waals surface area contributed by atoms with E-state index in [1.165, 1.54) is 0 Å². The summed E-state index contributed by atoms with van der Waals surface area (Å²) in [6.07, 6.45) is -0.154. The molecule has 0 bridgehead atoms. The quantitative estimate of drug-likeness (QED) is 0.627. The van der Waals surface area contributed by atoms with Gasteiger partial charge in [0.2, 0.25) is 0 Å². The normalized spacial score (nSPS) is 12.7. The van der Waals surface area contributed by atoms with Crippen LogP contribution >= 0.6 is 22.9 Å². The maximum absolute atomic E-state index is 6.40. The second-order valence-corrected chi connectivity index (χ2v) is 5.88. The predicted octanol–water partition coefficient (Wildman–Crippen LogP) is 5.11. The maximum Gasteiger partial charge on any atom is 0.160 e. The third kappa shape index (κ3) is 2.79. The molecule has 0 spiro atoms. The summed E-state index contributed by atoms with van der Waals surface area (Å²) in [7, 11) is 0.